The van der Waals surface area contributed by atoms with E-state index >= 15 is 0 Å². The predicted octanol–water partition coefficient (Wildman–Crippen LogP) is 2.43. The first kappa shape index (κ1) is 12.3. The number of anilines is 1. The van der Waals surface area contributed by atoms with Gasteiger partial charge >= 0.3 is 0 Å². The van der Waals surface area contributed by atoms with E-state index in [4.69, 9.17) is 5.73 Å². The summed E-state index contributed by atoms with van der Waals surface area (Å²) < 4.78 is 13.6. The Labute approximate surface area is 107 Å². The monoisotopic (exact) mass is 298 g/mol. The molecule has 1 aliphatic carbocycles. The number of nitrogens with two attached hydrogens (primary N) is 1. The number of halogens is 2. The molecule has 1 aliphatic rings. The van der Waals surface area contributed by atoms with Crippen molar-refractivity contribution in [2.75, 3.05) is 5.32 Å². The Morgan fingerprint density at radius 2 is 2.24 bits per heavy atom. The number of hydrogen-bond acceptors (Lipinski definition) is 2. The van der Waals surface area contributed by atoms with E-state index in [1.165, 1.54) is 6.07 Å². The van der Waals surface area contributed by atoms with Crippen molar-refractivity contribution >= 4 is 27.5 Å². The summed E-state index contributed by atoms with van der Waals surface area (Å²) in [5, 5.41) is 2.67. The maximum Gasteiger partial charge on any atom is 0.231 e. The van der Waals surface area contributed by atoms with E-state index in [9.17, 15) is 9.18 Å². The van der Waals surface area contributed by atoms with Crippen molar-refractivity contribution < 1.29 is 9.18 Å². The number of benzene rings is 1. The van der Waals surface area contributed by atoms with Gasteiger partial charge in [0.2, 0.25) is 5.91 Å². The van der Waals surface area contributed by atoms with Crippen LogP contribution in [0.2, 0.25) is 0 Å². The molecule has 0 spiro atoms. The van der Waals surface area contributed by atoms with E-state index in [0.717, 1.165) is 0 Å². The molecule has 2 rings (SSSR count). The lowest BCUT2D eigenvalue weighted by atomic mass is 10.1. The molecule has 1 amide bonds. The Morgan fingerprint density at radius 3 is 2.82 bits per heavy atom. The summed E-state index contributed by atoms with van der Waals surface area (Å²) in [6, 6.07) is 4.41. The lowest BCUT2D eigenvalue weighted by Crippen LogP contribution is -2.24. The van der Waals surface area contributed by atoms with Gasteiger partial charge in [-0.05, 0) is 40.5 Å². The molecule has 0 heterocycles. The van der Waals surface area contributed by atoms with Crippen LogP contribution in [0.3, 0.4) is 0 Å². The molecular weight excluding hydrogens is 287 g/mol. The fourth-order valence-corrected chi connectivity index (χ4v) is 1.98. The van der Waals surface area contributed by atoms with Gasteiger partial charge in [0.1, 0.15) is 5.82 Å². The maximum atomic E-state index is 13.2. The largest absolute Gasteiger partial charge is 0.325 e. The van der Waals surface area contributed by atoms with Gasteiger partial charge in [-0.15, -0.1) is 0 Å². The third-order valence-electron chi connectivity index (χ3n) is 2.64. The topological polar surface area (TPSA) is 55.1 Å². The van der Waals surface area contributed by atoms with E-state index < -0.39 is 5.82 Å². The third kappa shape index (κ3) is 2.92. The maximum absolute atomic E-state index is 13.2. The Bertz CT molecular complexity index is 476. The summed E-state index contributed by atoms with van der Waals surface area (Å²) in [5.74, 6) is -0.783. The van der Waals surface area contributed by atoms with Gasteiger partial charge in [0, 0.05) is 11.7 Å². The minimum atomic E-state index is -0.401. The highest BCUT2D eigenvalue weighted by molar-refractivity contribution is 9.10. The minimum absolute atomic E-state index is 0.0626. The molecule has 0 fully saturated rings. The van der Waals surface area contributed by atoms with E-state index in [-0.39, 0.29) is 17.9 Å². The summed E-state index contributed by atoms with van der Waals surface area (Å²) >= 11 is 3.05. The predicted molar refractivity (Wildman–Crippen MR) is 68.0 cm³/mol. The van der Waals surface area contributed by atoms with Crippen LogP contribution in [0.4, 0.5) is 10.1 Å². The average Bonchev–Trinajstić information content (AvgIpc) is 2.70. The lowest BCUT2D eigenvalue weighted by molar-refractivity contribution is -0.118. The van der Waals surface area contributed by atoms with Gasteiger partial charge in [-0.2, -0.15) is 0 Å². The molecule has 1 aromatic rings. The molecule has 17 heavy (non-hydrogen) atoms. The SMILES string of the molecule is NC1C=CC(C(=O)Nc2ccc(Br)c(F)c2)C1. The number of carbonyl (C=O) groups is 1. The van der Waals surface area contributed by atoms with Gasteiger partial charge in [0.05, 0.1) is 10.4 Å². The standard InChI is InChI=1S/C12H12BrFN2O/c13-10-4-3-9(6-11(10)14)16-12(17)7-1-2-8(15)5-7/h1-4,6-8H,5,15H2,(H,16,17). The van der Waals surface area contributed by atoms with E-state index in [1.807, 2.05) is 6.08 Å². The number of amides is 1. The second-order valence-electron chi connectivity index (χ2n) is 4.01. The van der Waals surface area contributed by atoms with Crippen molar-refractivity contribution in [1.29, 1.82) is 0 Å². The second-order valence-corrected chi connectivity index (χ2v) is 4.86. The zero-order chi connectivity index (χ0) is 12.4. The Hall–Kier alpha value is -1.20. The molecule has 0 aromatic heterocycles. The molecule has 3 N–H and O–H groups in total. The average molecular weight is 299 g/mol. The minimum Gasteiger partial charge on any atom is -0.325 e. The van der Waals surface area contributed by atoms with Crippen molar-refractivity contribution in [1.82, 2.24) is 0 Å². The quantitative estimate of drug-likeness (QED) is 0.824. The van der Waals surface area contributed by atoms with Gasteiger partial charge in [0.25, 0.3) is 0 Å². The van der Waals surface area contributed by atoms with E-state index in [0.29, 0.717) is 16.6 Å². The molecule has 0 aliphatic heterocycles. The van der Waals surface area contributed by atoms with Crippen LogP contribution >= 0.6 is 15.9 Å². The van der Waals surface area contributed by atoms with Crippen LogP contribution in [-0.2, 0) is 4.79 Å². The van der Waals surface area contributed by atoms with Gasteiger partial charge in [-0.1, -0.05) is 12.2 Å². The third-order valence-corrected chi connectivity index (χ3v) is 3.28. The van der Waals surface area contributed by atoms with E-state index in [2.05, 4.69) is 21.2 Å². The summed E-state index contributed by atoms with van der Waals surface area (Å²) in [5.41, 5.74) is 6.12. The number of carbonyl (C=O) groups excluding carboxylic acids is 1. The molecule has 0 saturated heterocycles. The molecule has 0 radical (unpaired) electrons. The Balaban J connectivity index is 2.03. The first-order chi connectivity index (χ1) is 8.06. The zero-order valence-electron chi connectivity index (χ0n) is 8.99. The number of rotatable bonds is 2. The summed E-state index contributed by atoms with van der Waals surface area (Å²) in [6.07, 6.45) is 4.20. The first-order valence-electron chi connectivity index (χ1n) is 5.26. The molecule has 2 atom stereocenters. The van der Waals surface area contributed by atoms with Gasteiger partial charge < -0.3 is 11.1 Å². The highest BCUT2D eigenvalue weighted by atomic mass is 79.9. The highest BCUT2D eigenvalue weighted by Crippen LogP contribution is 2.22. The Kier molecular flexibility index (Phi) is 3.59. The Morgan fingerprint density at radius 1 is 1.47 bits per heavy atom. The zero-order valence-corrected chi connectivity index (χ0v) is 10.6. The van der Waals surface area contributed by atoms with Crippen molar-refractivity contribution in [2.45, 2.75) is 12.5 Å². The van der Waals surface area contributed by atoms with Gasteiger partial charge in [-0.25, -0.2) is 4.39 Å². The fourth-order valence-electron chi connectivity index (χ4n) is 1.73. The molecule has 0 bridgehead atoms. The molecule has 2 unspecified atom stereocenters. The summed E-state index contributed by atoms with van der Waals surface area (Å²) in [7, 11) is 0. The van der Waals surface area contributed by atoms with E-state index in [1.54, 1.807) is 18.2 Å². The smallest absolute Gasteiger partial charge is 0.231 e. The van der Waals surface area contributed by atoms with Crippen LogP contribution in [0.25, 0.3) is 0 Å². The summed E-state index contributed by atoms with van der Waals surface area (Å²) in [6.45, 7) is 0. The lowest BCUT2D eigenvalue weighted by Gasteiger charge is -2.10. The highest BCUT2D eigenvalue weighted by Gasteiger charge is 2.22. The van der Waals surface area contributed by atoms with Crippen LogP contribution in [0, 0.1) is 11.7 Å². The molecule has 90 valence electrons. The van der Waals surface area contributed by atoms with Crippen LogP contribution in [0.1, 0.15) is 6.42 Å². The molecular formula is C12H12BrFN2O. The van der Waals surface area contributed by atoms with Crippen molar-refractivity contribution in [3.8, 4) is 0 Å². The molecule has 0 saturated carbocycles. The normalized spacial score (nSPS) is 22.8. The van der Waals surface area contributed by atoms with Crippen LogP contribution < -0.4 is 11.1 Å². The van der Waals surface area contributed by atoms with Crippen LogP contribution in [0.15, 0.2) is 34.8 Å². The summed E-state index contributed by atoms with van der Waals surface area (Å²) in [4.78, 5) is 11.8. The fraction of sp³-hybridized carbons (Fsp3) is 0.250. The molecule has 1 aromatic carbocycles. The van der Waals surface area contributed by atoms with Crippen molar-refractivity contribution in [3.05, 3.63) is 40.6 Å². The van der Waals surface area contributed by atoms with Crippen molar-refractivity contribution in [3.63, 3.8) is 0 Å². The first-order valence-corrected chi connectivity index (χ1v) is 6.05. The van der Waals surface area contributed by atoms with Crippen LogP contribution in [0.5, 0.6) is 0 Å². The van der Waals surface area contributed by atoms with Crippen LogP contribution in [-0.4, -0.2) is 11.9 Å². The number of nitrogens with one attached hydrogen (secondary N) is 1. The van der Waals surface area contributed by atoms with Crippen molar-refractivity contribution in [2.24, 2.45) is 11.7 Å². The molecule has 5 heteroatoms. The number of hydrogen-bond donors (Lipinski definition) is 2. The second kappa shape index (κ2) is 4.98. The molecule has 3 nitrogen and oxygen atoms in total. The van der Waals surface area contributed by atoms with Gasteiger partial charge in [0.15, 0.2) is 0 Å². The van der Waals surface area contributed by atoms with Gasteiger partial charge in [-0.3, -0.25) is 4.79 Å².